The van der Waals surface area contributed by atoms with Crippen LogP contribution in [0.5, 0.6) is 0 Å². The van der Waals surface area contributed by atoms with Gasteiger partial charge in [-0.3, -0.25) is 14.4 Å². The minimum atomic E-state index is 0.188. The van der Waals surface area contributed by atoms with Crippen LogP contribution in [0.1, 0.15) is 70.4 Å². The molecular weight excluding hydrogens is 338 g/mol. The fourth-order valence-electron chi connectivity index (χ4n) is 5.30. The lowest BCUT2D eigenvalue weighted by Gasteiger charge is -2.49. The van der Waals surface area contributed by atoms with Crippen molar-refractivity contribution in [2.75, 3.05) is 13.1 Å². The number of rotatable bonds is 7. The molecule has 4 heterocycles. The number of unbranched alkanes of at least 4 members (excludes halogenated alkanes) is 1. The molecule has 4 aliphatic rings. The third-order valence-corrected chi connectivity index (χ3v) is 6.94. The van der Waals surface area contributed by atoms with Crippen LogP contribution in [-0.2, 0) is 17.8 Å². The minimum absolute atomic E-state index is 0.188. The van der Waals surface area contributed by atoms with E-state index in [1.165, 1.54) is 51.4 Å². The Morgan fingerprint density at radius 1 is 1.26 bits per heavy atom. The number of aromatic nitrogens is 3. The predicted octanol–water partition coefficient (Wildman–Crippen LogP) is 2.78. The van der Waals surface area contributed by atoms with Crippen molar-refractivity contribution in [2.24, 2.45) is 11.8 Å². The van der Waals surface area contributed by atoms with Gasteiger partial charge in [0.2, 0.25) is 5.91 Å². The predicted molar refractivity (Wildman–Crippen MR) is 105 cm³/mol. The molecule has 1 aromatic rings. The summed E-state index contributed by atoms with van der Waals surface area (Å²) < 4.78 is 2.02. The van der Waals surface area contributed by atoms with Gasteiger partial charge in [0.05, 0.1) is 18.2 Å². The summed E-state index contributed by atoms with van der Waals surface area (Å²) in [7, 11) is 0. The van der Waals surface area contributed by atoms with Crippen LogP contribution in [0, 0.1) is 11.8 Å². The quantitative estimate of drug-likeness (QED) is 0.798. The van der Waals surface area contributed by atoms with E-state index in [-0.39, 0.29) is 5.92 Å². The van der Waals surface area contributed by atoms with Gasteiger partial charge in [0.1, 0.15) is 0 Å². The summed E-state index contributed by atoms with van der Waals surface area (Å²) in [5.41, 5.74) is 1.11. The van der Waals surface area contributed by atoms with Gasteiger partial charge in [0.15, 0.2) is 0 Å². The number of aryl methyl sites for hydroxylation is 1. The highest BCUT2D eigenvalue weighted by Crippen LogP contribution is 2.37. The van der Waals surface area contributed by atoms with Gasteiger partial charge >= 0.3 is 0 Å². The average Bonchev–Trinajstić information content (AvgIpc) is 3.15. The summed E-state index contributed by atoms with van der Waals surface area (Å²) in [4.78, 5) is 15.4. The largest absolute Gasteiger partial charge is 0.353 e. The fourth-order valence-corrected chi connectivity index (χ4v) is 5.30. The number of nitrogens with one attached hydrogen (secondary N) is 1. The molecule has 150 valence electrons. The standard InChI is InChI=1S/C21H35N5O/c1-2-3-7-18-13-26(24-23-18)14-19-12-16-10-11-25(19)15-20(16)21(27)22-17-8-5-4-6-9-17/h13,16-17,19-20H,2-12,14-15H2,1H3,(H,22,27)/t16?,19-,20+/m1/s1. The van der Waals surface area contributed by atoms with E-state index in [0.717, 1.165) is 38.2 Å². The molecule has 6 heteroatoms. The van der Waals surface area contributed by atoms with E-state index in [1.807, 2.05) is 4.68 Å². The van der Waals surface area contributed by atoms with Gasteiger partial charge in [-0.05, 0) is 51.0 Å². The first-order chi connectivity index (χ1) is 13.2. The van der Waals surface area contributed by atoms with Gasteiger partial charge in [-0.15, -0.1) is 5.10 Å². The Labute approximate surface area is 163 Å². The second-order valence-corrected chi connectivity index (χ2v) is 8.92. The molecule has 0 aromatic carbocycles. The highest BCUT2D eigenvalue weighted by atomic mass is 16.2. The van der Waals surface area contributed by atoms with Gasteiger partial charge in [0, 0.05) is 24.8 Å². The molecule has 2 unspecified atom stereocenters. The lowest BCUT2D eigenvalue weighted by molar-refractivity contribution is -0.134. The summed E-state index contributed by atoms with van der Waals surface area (Å²) >= 11 is 0. The van der Waals surface area contributed by atoms with Gasteiger partial charge in [0.25, 0.3) is 0 Å². The number of carbonyl (C=O) groups excluding carboxylic acids is 1. The average molecular weight is 374 g/mol. The van der Waals surface area contributed by atoms with Crippen molar-refractivity contribution >= 4 is 5.91 Å². The van der Waals surface area contributed by atoms with Crippen molar-refractivity contribution in [2.45, 2.75) is 89.8 Å². The molecule has 1 saturated carbocycles. The van der Waals surface area contributed by atoms with Crippen LogP contribution in [-0.4, -0.2) is 51.0 Å². The first kappa shape index (κ1) is 18.9. The number of nitrogens with zero attached hydrogens (tertiary/aromatic N) is 4. The maximum absolute atomic E-state index is 12.9. The molecule has 2 bridgehead atoms. The number of hydrogen-bond acceptors (Lipinski definition) is 4. The highest BCUT2D eigenvalue weighted by molar-refractivity contribution is 5.79. The number of amides is 1. The lowest BCUT2D eigenvalue weighted by Crippen LogP contribution is -2.58. The summed E-state index contributed by atoms with van der Waals surface area (Å²) in [6, 6.07) is 0.928. The van der Waals surface area contributed by atoms with Gasteiger partial charge < -0.3 is 5.32 Å². The maximum atomic E-state index is 12.9. The molecule has 1 amide bonds. The zero-order valence-corrected chi connectivity index (χ0v) is 16.8. The van der Waals surface area contributed by atoms with Crippen molar-refractivity contribution in [3.63, 3.8) is 0 Å². The first-order valence-corrected chi connectivity index (χ1v) is 11.2. The molecule has 5 rings (SSSR count). The maximum Gasteiger partial charge on any atom is 0.224 e. The number of fused-ring (bicyclic) bond motifs is 3. The Kier molecular flexibility index (Phi) is 6.11. The summed E-state index contributed by atoms with van der Waals surface area (Å²) in [5.74, 6) is 1.04. The molecule has 4 fully saturated rings. The Bertz CT molecular complexity index is 624. The van der Waals surface area contributed by atoms with Gasteiger partial charge in [-0.1, -0.05) is 37.8 Å². The Morgan fingerprint density at radius 3 is 2.85 bits per heavy atom. The van der Waals surface area contributed by atoms with E-state index in [4.69, 9.17) is 0 Å². The van der Waals surface area contributed by atoms with Gasteiger partial charge in [-0.25, -0.2) is 0 Å². The van der Waals surface area contributed by atoms with E-state index < -0.39 is 0 Å². The van der Waals surface area contributed by atoms with Crippen molar-refractivity contribution in [3.05, 3.63) is 11.9 Å². The molecular formula is C21H35N5O. The molecule has 6 nitrogen and oxygen atoms in total. The third-order valence-electron chi connectivity index (χ3n) is 6.94. The Balaban J connectivity index is 1.30. The molecule has 27 heavy (non-hydrogen) atoms. The van der Waals surface area contributed by atoms with Crippen molar-refractivity contribution < 1.29 is 4.79 Å². The molecule has 1 N–H and O–H groups in total. The highest BCUT2D eigenvalue weighted by Gasteiger charge is 2.43. The van der Waals surface area contributed by atoms with Crippen LogP contribution >= 0.6 is 0 Å². The minimum Gasteiger partial charge on any atom is -0.353 e. The number of hydrogen-bond donors (Lipinski definition) is 1. The number of carbonyl (C=O) groups is 1. The van der Waals surface area contributed by atoms with Crippen molar-refractivity contribution in [3.8, 4) is 0 Å². The van der Waals surface area contributed by atoms with Crippen molar-refractivity contribution in [1.82, 2.24) is 25.2 Å². The monoisotopic (exact) mass is 373 g/mol. The summed E-state index contributed by atoms with van der Waals surface area (Å²) in [6.45, 7) is 5.16. The Morgan fingerprint density at radius 2 is 2.11 bits per heavy atom. The molecule has 1 aliphatic carbocycles. The van der Waals surface area contributed by atoms with Crippen molar-refractivity contribution in [1.29, 1.82) is 0 Å². The molecule has 3 saturated heterocycles. The molecule has 3 aliphatic heterocycles. The second kappa shape index (κ2) is 8.72. The number of piperidine rings is 3. The lowest BCUT2D eigenvalue weighted by atomic mass is 9.75. The SMILES string of the molecule is CCCCc1cn(C[C@H]2CC3CCN2C[C@@H]3C(=O)NC2CCCCC2)nn1. The normalized spacial score (nSPS) is 31.1. The topological polar surface area (TPSA) is 63.1 Å². The van der Waals surface area contributed by atoms with Crippen LogP contribution in [0.15, 0.2) is 6.20 Å². The van der Waals surface area contributed by atoms with E-state index in [9.17, 15) is 4.79 Å². The van der Waals surface area contributed by atoms with Gasteiger partial charge in [-0.2, -0.15) is 0 Å². The molecule has 0 radical (unpaired) electrons. The second-order valence-electron chi connectivity index (χ2n) is 8.92. The molecule has 4 atom stereocenters. The zero-order chi connectivity index (χ0) is 18.6. The first-order valence-electron chi connectivity index (χ1n) is 11.2. The Hall–Kier alpha value is -1.43. The van der Waals surface area contributed by atoms with E-state index >= 15 is 0 Å². The van der Waals surface area contributed by atoms with E-state index in [0.29, 0.717) is 23.9 Å². The van der Waals surface area contributed by atoms with Crippen LogP contribution in [0.2, 0.25) is 0 Å². The van der Waals surface area contributed by atoms with E-state index in [1.54, 1.807) is 0 Å². The summed E-state index contributed by atoms with van der Waals surface area (Å²) in [5, 5.41) is 12.0. The van der Waals surface area contributed by atoms with Crippen LogP contribution < -0.4 is 5.32 Å². The smallest absolute Gasteiger partial charge is 0.224 e. The third kappa shape index (κ3) is 4.53. The molecule has 1 aromatic heterocycles. The van der Waals surface area contributed by atoms with Crippen LogP contribution in [0.4, 0.5) is 0 Å². The van der Waals surface area contributed by atoms with E-state index in [2.05, 4.69) is 33.6 Å². The summed E-state index contributed by atoms with van der Waals surface area (Å²) in [6.07, 6.45) is 14.0. The van der Waals surface area contributed by atoms with Crippen LogP contribution in [0.25, 0.3) is 0 Å². The fraction of sp³-hybridized carbons (Fsp3) is 0.857. The molecule has 0 spiro atoms. The zero-order valence-electron chi connectivity index (χ0n) is 16.8. The van der Waals surface area contributed by atoms with Crippen LogP contribution in [0.3, 0.4) is 0 Å².